The van der Waals surface area contributed by atoms with Crippen LogP contribution in [0.3, 0.4) is 0 Å². The Balaban J connectivity index is 2.10. The van der Waals surface area contributed by atoms with Gasteiger partial charge in [-0.15, -0.1) is 0 Å². The van der Waals surface area contributed by atoms with Gasteiger partial charge in [-0.25, -0.2) is 9.78 Å². The summed E-state index contributed by atoms with van der Waals surface area (Å²) in [5.74, 6) is -0.743. The van der Waals surface area contributed by atoms with Gasteiger partial charge in [-0.3, -0.25) is 9.89 Å². The first-order valence-electron chi connectivity index (χ1n) is 6.20. The molecule has 108 valence electrons. The maximum atomic E-state index is 12.0. The number of aromatic amines is 1. The lowest BCUT2D eigenvalue weighted by Gasteiger charge is -2.06. The maximum Gasteiger partial charge on any atom is 0.328 e. The number of rotatable bonds is 5. The molecule has 0 atom stereocenters. The molecule has 0 aliphatic carbocycles. The lowest BCUT2D eigenvalue weighted by Crippen LogP contribution is -2.23. The molecule has 0 radical (unpaired) electrons. The maximum absolute atomic E-state index is 12.0. The Morgan fingerprint density at radius 2 is 2.24 bits per heavy atom. The first kappa shape index (κ1) is 14.4. The van der Waals surface area contributed by atoms with E-state index >= 15 is 0 Å². The van der Waals surface area contributed by atoms with Crippen molar-refractivity contribution in [1.82, 2.24) is 20.5 Å². The molecule has 0 aliphatic heterocycles. The second kappa shape index (κ2) is 6.47. The number of nitrogens with one attached hydrogen (secondary N) is 2. The first-order chi connectivity index (χ1) is 10.1. The fourth-order valence-corrected chi connectivity index (χ4v) is 1.70. The number of aliphatic carboxylic acids is 1. The van der Waals surface area contributed by atoms with Crippen molar-refractivity contribution in [2.45, 2.75) is 13.5 Å². The first-order valence-corrected chi connectivity index (χ1v) is 6.20. The standard InChI is InChI=1S/C14H14N4O3/c1-9-2-3-11(6-10(9)4-5-13(19)20)14(21)15-7-12-16-8-17-18-12/h2-6,8H,7H2,1H3,(H,15,21)(H,19,20)(H,16,17,18)/b5-4+. The minimum atomic E-state index is -1.03. The minimum Gasteiger partial charge on any atom is -0.478 e. The third-order valence-corrected chi connectivity index (χ3v) is 2.83. The average molecular weight is 286 g/mol. The van der Waals surface area contributed by atoms with Crippen LogP contribution < -0.4 is 5.32 Å². The van der Waals surface area contributed by atoms with E-state index in [1.54, 1.807) is 18.2 Å². The molecule has 7 nitrogen and oxygen atoms in total. The molecule has 1 heterocycles. The zero-order chi connectivity index (χ0) is 15.2. The van der Waals surface area contributed by atoms with Crippen molar-refractivity contribution in [2.24, 2.45) is 0 Å². The largest absolute Gasteiger partial charge is 0.478 e. The Morgan fingerprint density at radius 3 is 2.90 bits per heavy atom. The number of hydrogen-bond donors (Lipinski definition) is 3. The second-order valence-corrected chi connectivity index (χ2v) is 4.36. The van der Waals surface area contributed by atoms with Gasteiger partial charge in [0.2, 0.25) is 0 Å². The number of aromatic nitrogens is 3. The van der Waals surface area contributed by atoms with Crippen LogP contribution in [0.5, 0.6) is 0 Å². The van der Waals surface area contributed by atoms with Crippen LogP contribution in [0.15, 0.2) is 30.6 Å². The number of benzene rings is 1. The van der Waals surface area contributed by atoms with Gasteiger partial charge in [0.05, 0.1) is 6.54 Å². The predicted octanol–water partition coefficient (Wildman–Crippen LogP) is 1.14. The normalized spacial score (nSPS) is 10.7. The summed E-state index contributed by atoms with van der Waals surface area (Å²) in [6.07, 6.45) is 3.87. The van der Waals surface area contributed by atoms with Gasteiger partial charge in [0.25, 0.3) is 5.91 Å². The van der Waals surface area contributed by atoms with E-state index in [4.69, 9.17) is 5.11 Å². The number of carboxylic acids is 1. The lowest BCUT2D eigenvalue weighted by atomic mass is 10.0. The van der Waals surface area contributed by atoms with Gasteiger partial charge >= 0.3 is 5.97 Å². The number of amides is 1. The smallest absolute Gasteiger partial charge is 0.328 e. The summed E-state index contributed by atoms with van der Waals surface area (Å²) in [5.41, 5.74) is 2.02. The van der Waals surface area contributed by atoms with E-state index in [1.807, 2.05) is 6.92 Å². The molecule has 1 aromatic carbocycles. The van der Waals surface area contributed by atoms with Crippen LogP contribution in [-0.4, -0.2) is 32.2 Å². The van der Waals surface area contributed by atoms with Crippen LogP contribution in [-0.2, 0) is 11.3 Å². The van der Waals surface area contributed by atoms with Crippen molar-refractivity contribution >= 4 is 18.0 Å². The van der Waals surface area contributed by atoms with E-state index in [2.05, 4.69) is 20.5 Å². The van der Waals surface area contributed by atoms with Crippen molar-refractivity contribution in [2.75, 3.05) is 0 Å². The van der Waals surface area contributed by atoms with Crippen LogP contribution in [0.4, 0.5) is 0 Å². The van der Waals surface area contributed by atoms with E-state index < -0.39 is 5.97 Å². The molecule has 2 aromatic rings. The van der Waals surface area contributed by atoms with Crippen LogP contribution in [0.25, 0.3) is 6.08 Å². The van der Waals surface area contributed by atoms with Gasteiger partial charge in [-0.05, 0) is 36.3 Å². The third-order valence-electron chi connectivity index (χ3n) is 2.83. The average Bonchev–Trinajstić information content (AvgIpc) is 2.97. The van der Waals surface area contributed by atoms with Gasteiger partial charge in [0.15, 0.2) is 0 Å². The molecule has 2 rings (SSSR count). The highest BCUT2D eigenvalue weighted by atomic mass is 16.4. The van der Waals surface area contributed by atoms with Crippen LogP contribution >= 0.6 is 0 Å². The number of nitrogens with zero attached hydrogens (tertiary/aromatic N) is 2. The number of aryl methyl sites for hydroxylation is 1. The summed E-state index contributed by atoms with van der Waals surface area (Å²) in [7, 11) is 0. The number of hydrogen-bond acceptors (Lipinski definition) is 4. The molecule has 0 aliphatic rings. The van der Waals surface area contributed by atoms with Gasteiger partial charge in [-0.1, -0.05) is 6.07 Å². The van der Waals surface area contributed by atoms with Gasteiger partial charge in [0.1, 0.15) is 12.2 Å². The summed E-state index contributed by atoms with van der Waals surface area (Å²) in [5, 5.41) is 17.7. The Bertz CT molecular complexity index is 678. The Labute approximate surface area is 120 Å². The van der Waals surface area contributed by atoms with Crippen molar-refractivity contribution in [1.29, 1.82) is 0 Å². The second-order valence-electron chi connectivity index (χ2n) is 4.36. The molecular weight excluding hydrogens is 272 g/mol. The molecule has 7 heteroatoms. The Hall–Kier alpha value is -2.96. The SMILES string of the molecule is Cc1ccc(C(=O)NCc2ncn[nH]2)cc1/C=C/C(=O)O. The van der Waals surface area contributed by atoms with Gasteiger partial charge in [0, 0.05) is 11.6 Å². The number of carbonyl (C=O) groups excluding carboxylic acids is 1. The Kier molecular flexibility index (Phi) is 4.45. The summed E-state index contributed by atoms with van der Waals surface area (Å²) >= 11 is 0. The zero-order valence-electron chi connectivity index (χ0n) is 11.3. The topological polar surface area (TPSA) is 108 Å². The highest BCUT2D eigenvalue weighted by molar-refractivity contribution is 5.95. The fraction of sp³-hybridized carbons (Fsp3) is 0.143. The molecule has 0 saturated heterocycles. The number of carboxylic acid groups (broad SMARTS) is 1. The zero-order valence-corrected chi connectivity index (χ0v) is 11.3. The fourth-order valence-electron chi connectivity index (χ4n) is 1.70. The molecule has 0 spiro atoms. The highest BCUT2D eigenvalue weighted by Crippen LogP contribution is 2.13. The number of carbonyl (C=O) groups is 2. The Morgan fingerprint density at radius 1 is 1.43 bits per heavy atom. The summed E-state index contributed by atoms with van der Waals surface area (Å²) in [6.45, 7) is 2.09. The molecular formula is C14H14N4O3. The molecule has 0 saturated carbocycles. The van der Waals surface area contributed by atoms with Crippen molar-refractivity contribution in [3.8, 4) is 0 Å². The molecule has 1 amide bonds. The van der Waals surface area contributed by atoms with Crippen LogP contribution in [0.1, 0.15) is 27.3 Å². The lowest BCUT2D eigenvalue weighted by molar-refractivity contribution is -0.131. The van der Waals surface area contributed by atoms with E-state index in [-0.39, 0.29) is 12.5 Å². The minimum absolute atomic E-state index is 0.243. The quantitative estimate of drug-likeness (QED) is 0.714. The summed E-state index contributed by atoms with van der Waals surface area (Å²) in [6, 6.07) is 5.10. The molecule has 3 N–H and O–H groups in total. The number of H-pyrrole nitrogens is 1. The van der Waals surface area contributed by atoms with E-state index in [0.29, 0.717) is 17.0 Å². The molecule has 0 fully saturated rings. The molecule has 0 unspecified atom stereocenters. The van der Waals surface area contributed by atoms with Crippen molar-refractivity contribution < 1.29 is 14.7 Å². The third kappa shape index (κ3) is 4.00. The summed E-state index contributed by atoms with van der Waals surface area (Å²) < 4.78 is 0. The monoisotopic (exact) mass is 286 g/mol. The molecule has 21 heavy (non-hydrogen) atoms. The van der Waals surface area contributed by atoms with Crippen molar-refractivity contribution in [3.05, 3.63) is 53.1 Å². The van der Waals surface area contributed by atoms with E-state index in [1.165, 1.54) is 12.4 Å². The van der Waals surface area contributed by atoms with E-state index in [9.17, 15) is 9.59 Å². The van der Waals surface area contributed by atoms with Crippen LogP contribution in [0, 0.1) is 6.92 Å². The van der Waals surface area contributed by atoms with Gasteiger partial charge < -0.3 is 10.4 Å². The highest BCUT2D eigenvalue weighted by Gasteiger charge is 2.08. The predicted molar refractivity (Wildman–Crippen MR) is 75.4 cm³/mol. The van der Waals surface area contributed by atoms with Gasteiger partial charge in [-0.2, -0.15) is 5.10 Å². The van der Waals surface area contributed by atoms with Crippen molar-refractivity contribution in [3.63, 3.8) is 0 Å². The molecule has 1 aromatic heterocycles. The molecule has 0 bridgehead atoms. The van der Waals surface area contributed by atoms with Crippen LogP contribution in [0.2, 0.25) is 0 Å². The summed E-state index contributed by atoms with van der Waals surface area (Å²) in [4.78, 5) is 26.5. The van der Waals surface area contributed by atoms with E-state index in [0.717, 1.165) is 11.6 Å².